The lowest BCUT2D eigenvalue weighted by Crippen LogP contribution is -2.10. The highest BCUT2D eigenvalue weighted by atomic mass is 127. The van der Waals surface area contributed by atoms with Gasteiger partial charge in [-0.05, 0) is 46.9 Å². The molecule has 0 aliphatic rings. The molecule has 0 amide bonds. The zero-order valence-electron chi connectivity index (χ0n) is 8.38. The first-order valence-electron chi connectivity index (χ1n) is 4.14. The normalized spacial score (nSPS) is 11.9. The van der Waals surface area contributed by atoms with Gasteiger partial charge in [-0.25, -0.2) is 0 Å². The Balaban J connectivity index is 3.02. The summed E-state index contributed by atoms with van der Waals surface area (Å²) < 4.78 is 27.8. The molecule has 0 bridgehead atoms. The van der Waals surface area contributed by atoms with Crippen molar-refractivity contribution < 1.29 is 8.42 Å². The number of hydrogen-bond acceptors (Lipinski definition) is 2. The van der Waals surface area contributed by atoms with Gasteiger partial charge in [-0.15, -0.1) is 4.40 Å². The SMILES string of the molecule is CN(C)/C=N/S(=O)(=O)c1ccc(I)cc1. The van der Waals surface area contributed by atoms with Crippen LogP contribution in [0, 0.1) is 3.57 Å². The molecule has 1 aromatic rings. The molecule has 0 fully saturated rings. The van der Waals surface area contributed by atoms with Gasteiger partial charge in [0.1, 0.15) is 6.34 Å². The number of benzene rings is 1. The topological polar surface area (TPSA) is 49.7 Å². The fourth-order valence-corrected chi connectivity index (χ4v) is 2.10. The first kappa shape index (κ1) is 12.4. The summed E-state index contributed by atoms with van der Waals surface area (Å²) in [5.74, 6) is 0. The minimum absolute atomic E-state index is 0.209. The molecular formula is C9H11IN2O2S. The lowest BCUT2D eigenvalue weighted by molar-refractivity contribution is 0.595. The quantitative estimate of drug-likeness (QED) is 0.478. The van der Waals surface area contributed by atoms with Crippen LogP contribution in [0.15, 0.2) is 33.6 Å². The maximum Gasteiger partial charge on any atom is 0.283 e. The van der Waals surface area contributed by atoms with E-state index in [4.69, 9.17) is 0 Å². The number of nitrogens with zero attached hydrogens (tertiary/aromatic N) is 2. The van der Waals surface area contributed by atoms with Crippen molar-refractivity contribution in [1.29, 1.82) is 0 Å². The van der Waals surface area contributed by atoms with Crippen molar-refractivity contribution in [1.82, 2.24) is 4.90 Å². The highest BCUT2D eigenvalue weighted by molar-refractivity contribution is 14.1. The molecule has 0 saturated heterocycles. The summed E-state index contributed by atoms with van der Waals surface area (Å²) in [5.41, 5.74) is 0. The molecule has 0 aliphatic carbocycles. The van der Waals surface area contributed by atoms with Crippen molar-refractivity contribution >= 4 is 39.0 Å². The third-order valence-corrected chi connectivity index (χ3v) is 3.49. The number of halogens is 1. The van der Waals surface area contributed by atoms with Gasteiger partial charge in [0.05, 0.1) is 4.90 Å². The van der Waals surface area contributed by atoms with Gasteiger partial charge in [-0.3, -0.25) is 0 Å². The highest BCUT2D eigenvalue weighted by Crippen LogP contribution is 2.13. The molecular weight excluding hydrogens is 327 g/mol. The molecule has 82 valence electrons. The van der Waals surface area contributed by atoms with E-state index in [0.29, 0.717) is 0 Å². The summed E-state index contributed by atoms with van der Waals surface area (Å²) in [7, 11) is -0.117. The smallest absolute Gasteiger partial charge is 0.283 e. The Morgan fingerprint density at radius 1 is 1.27 bits per heavy atom. The zero-order valence-corrected chi connectivity index (χ0v) is 11.4. The summed E-state index contributed by atoms with van der Waals surface area (Å²) in [6.45, 7) is 0. The molecule has 0 aliphatic heterocycles. The van der Waals surface area contributed by atoms with Gasteiger partial charge in [0.25, 0.3) is 10.0 Å². The average molecular weight is 338 g/mol. The Kier molecular flexibility index (Phi) is 4.09. The third-order valence-electron chi connectivity index (χ3n) is 1.53. The largest absolute Gasteiger partial charge is 0.368 e. The number of hydrogen-bond donors (Lipinski definition) is 0. The predicted molar refractivity (Wildman–Crippen MR) is 68.5 cm³/mol. The molecule has 1 rings (SSSR count). The fraction of sp³-hybridized carbons (Fsp3) is 0.222. The average Bonchev–Trinajstić information content (AvgIpc) is 2.16. The zero-order chi connectivity index (χ0) is 11.5. The van der Waals surface area contributed by atoms with Crippen LogP contribution in [0.3, 0.4) is 0 Å². The Bertz CT molecular complexity index is 452. The van der Waals surface area contributed by atoms with E-state index in [1.165, 1.54) is 6.34 Å². The lowest BCUT2D eigenvalue weighted by Gasteiger charge is -2.03. The van der Waals surface area contributed by atoms with Crippen LogP contribution in [0.2, 0.25) is 0 Å². The van der Waals surface area contributed by atoms with Gasteiger partial charge in [-0.2, -0.15) is 8.42 Å². The molecule has 0 heterocycles. The van der Waals surface area contributed by atoms with E-state index in [1.54, 1.807) is 43.3 Å². The van der Waals surface area contributed by atoms with Crippen molar-refractivity contribution in [3.05, 3.63) is 27.8 Å². The van der Waals surface area contributed by atoms with E-state index in [1.807, 2.05) is 0 Å². The van der Waals surface area contributed by atoms with Crippen LogP contribution in [0.5, 0.6) is 0 Å². The van der Waals surface area contributed by atoms with Crippen LogP contribution in [-0.4, -0.2) is 33.8 Å². The lowest BCUT2D eigenvalue weighted by atomic mass is 10.4. The minimum Gasteiger partial charge on any atom is -0.368 e. The van der Waals surface area contributed by atoms with E-state index >= 15 is 0 Å². The highest BCUT2D eigenvalue weighted by Gasteiger charge is 2.10. The van der Waals surface area contributed by atoms with E-state index in [-0.39, 0.29) is 4.90 Å². The summed E-state index contributed by atoms with van der Waals surface area (Å²) in [6, 6.07) is 6.56. The van der Waals surface area contributed by atoms with E-state index < -0.39 is 10.0 Å². The maximum atomic E-state index is 11.6. The van der Waals surface area contributed by atoms with Crippen LogP contribution in [0.1, 0.15) is 0 Å². The van der Waals surface area contributed by atoms with E-state index in [0.717, 1.165) is 3.57 Å². The second-order valence-electron chi connectivity index (χ2n) is 3.11. The second-order valence-corrected chi connectivity index (χ2v) is 5.99. The van der Waals surface area contributed by atoms with Gasteiger partial charge >= 0.3 is 0 Å². The van der Waals surface area contributed by atoms with Gasteiger partial charge < -0.3 is 4.90 Å². The van der Waals surface area contributed by atoms with Gasteiger partial charge in [0, 0.05) is 17.7 Å². The fourth-order valence-electron chi connectivity index (χ4n) is 0.824. The Hall–Kier alpha value is -0.630. The van der Waals surface area contributed by atoms with Gasteiger partial charge in [0.2, 0.25) is 0 Å². The summed E-state index contributed by atoms with van der Waals surface area (Å²) >= 11 is 2.12. The molecule has 0 unspecified atom stereocenters. The van der Waals surface area contributed by atoms with Gasteiger partial charge in [-0.1, -0.05) is 0 Å². The summed E-state index contributed by atoms with van der Waals surface area (Å²) in [4.78, 5) is 1.78. The molecule has 0 N–H and O–H groups in total. The first-order valence-corrected chi connectivity index (χ1v) is 6.66. The molecule has 0 radical (unpaired) electrons. The van der Waals surface area contributed by atoms with Crippen molar-refractivity contribution in [2.24, 2.45) is 4.40 Å². The first-order chi connectivity index (χ1) is 6.92. The summed E-state index contributed by atoms with van der Waals surface area (Å²) in [5, 5.41) is 0. The maximum absolute atomic E-state index is 11.6. The van der Waals surface area contributed by atoms with Crippen LogP contribution in [0.25, 0.3) is 0 Å². The molecule has 6 heteroatoms. The van der Waals surface area contributed by atoms with Crippen molar-refractivity contribution in [3.63, 3.8) is 0 Å². The molecule has 0 atom stereocenters. The number of sulfonamides is 1. The summed E-state index contributed by atoms with van der Waals surface area (Å²) in [6.07, 6.45) is 1.27. The molecule has 0 saturated carbocycles. The predicted octanol–water partition coefficient (Wildman–Crippen LogP) is 1.57. The Morgan fingerprint density at radius 2 is 1.80 bits per heavy atom. The standard InChI is InChI=1S/C9H11IN2O2S/c1-12(2)7-11-15(13,14)9-5-3-8(10)4-6-9/h3-7H,1-2H3/b11-7+. The molecule has 1 aromatic carbocycles. The second kappa shape index (κ2) is 4.93. The van der Waals surface area contributed by atoms with E-state index in [2.05, 4.69) is 27.0 Å². The van der Waals surface area contributed by atoms with Gasteiger partial charge in [0.15, 0.2) is 0 Å². The number of rotatable bonds is 3. The monoisotopic (exact) mass is 338 g/mol. The van der Waals surface area contributed by atoms with Crippen LogP contribution >= 0.6 is 22.6 Å². The van der Waals surface area contributed by atoms with Crippen molar-refractivity contribution in [2.45, 2.75) is 4.90 Å². The van der Waals surface area contributed by atoms with Crippen LogP contribution in [-0.2, 0) is 10.0 Å². The van der Waals surface area contributed by atoms with E-state index in [9.17, 15) is 8.42 Å². The molecule has 4 nitrogen and oxygen atoms in total. The van der Waals surface area contributed by atoms with Crippen LogP contribution < -0.4 is 0 Å². The van der Waals surface area contributed by atoms with Crippen LogP contribution in [0.4, 0.5) is 0 Å². The Morgan fingerprint density at radius 3 is 2.27 bits per heavy atom. The molecule has 0 spiro atoms. The molecule has 15 heavy (non-hydrogen) atoms. The minimum atomic E-state index is -3.55. The van der Waals surface area contributed by atoms with Crippen molar-refractivity contribution in [2.75, 3.05) is 14.1 Å². The Labute approximate surface area is 103 Å². The van der Waals surface area contributed by atoms with Crippen molar-refractivity contribution in [3.8, 4) is 0 Å². The molecule has 0 aromatic heterocycles. The third kappa shape index (κ3) is 3.78.